The summed E-state index contributed by atoms with van der Waals surface area (Å²) in [7, 11) is 0. The Bertz CT molecular complexity index is 1520. The fourth-order valence-electron chi connectivity index (χ4n) is 4.11. The number of ether oxygens (including phenoxy) is 2. The molecule has 218 valence electrons. The van der Waals surface area contributed by atoms with Crippen LogP contribution >= 0.6 is 23.4 Å². The summed E-state index contributed by atoms with van der Waals surface area (Å²) in [5.41, 5.74) is 2.84. The Morgan fingerprint density at radius 2 is 1.69 bits per heavy atom. The van der Waals surface area contributed by atoms with Crippen LogP contribution in [0.4, 0.5) is 16.2 Å². The highest BCUT2D eigenvalue weighted by Gasteiger charge is 2.36. The van der Waals surface area contributed by atoms with Crippen molar-refractivity contribution in [3.05, 3.63) is 87.8 Å². The zero-order chi connectivity index (χ0) is 30.2. The highest BCUT2D eigenvalue weighted by molar-refractivity contribution is 8.18. The average molecular weight is 608 g/mol. The van der Waals surface area contributed by atoms with Crippen molar-refractivity contribution in [2.75, 3.05) is 30.4 Å². The summed E-state index contributed by atoms with van der Waals surface area (Å²) in [5.74, 6) is -0.432. The molecule has 0 atom stereocenters. The molecule has 0 spiro atoms. The zero-order valence-electron chi connectivity index (χ0n) is 23.3. The predicted molar refractivity (Wildman–Crippen MR) is 165 cm³/mol. The van der Waals surface area contributed by atoms with Crippen molar-refractivity contribution >= 4 is 63.8 Å². The molecule has 4 rings (SSSR count). The monoisotopic (exact) mass is 607 g/mol. The second-order valence-corrected chi connectivity index (χ2v) is 11.0. The highest BCUT2D eigenvalue weighted by atomic mass is 35.5. The first-order chi connectivity index (χ1) is 20.1. The predicted octanol–water partition coefficient (Wildman–Crippen LogP) is 6.55. The van der Waals surface area contributed by atoms with Gasteiger partial charge in [0.1, 0.15) is 6.54 Å². The van der Waals surface area contributed by atoms with Crippen LogP contribution in [0.25, 0.3) is 6.08 Å². The second kappa shape index (κ2) is 14.1. The third kappa shape index (κ3) is 7.92. The molecule has 3 aromatic carbocycles. The smallest absolute Gasteiger partial charge is 0.294 e. The minimum Gasteiger partial charge on any atom is -0.490 e. The van der Waals surface area contributed by atoms with E-state index in [-0.39, 0.29) is 23.3 Å². The third-order valence-corrected chi connectivity index (χ3v) is 7.24. The highest BCUT2D eigenvalue weighted by Crippen LogP contribution is 2.35. The van der Waals surface area contributed by atoms with Crippen molar-refractivity contribution in [3.8, 4) is 11.5 Å². The van der Waals surface area contributed by atoms with Gasteiger partial charge in [-0.3, -0.25) is 24.1 Å². The number of hydrogen-bond acceptors (Lipinski definition) is 7. The van der Waals surface area contributed by atoms with Crippen LogP contribution in [0.5, 0.6) is 11.5 Å². The molecule has 1 saturated heterocycles. The van der Waals surface area contributed by atoms with Crippen LogP contribution in [0.2, 0.25) is 5.02 Å². The third-order valence-electron chi connectivity index (χ3n) is 6.08. The van der Waals surface area contributed by atoms with E-state index in [9.17, 15) is 19.2 Å². The maximum Gasteiger partial charge on any atom is 0.294 e. The number of benzene rings is 3. The molecule has 11 heteroatoms. The number of nitrogens with one attached hydrogen (secondary N) is 2. The Morgan fingerprint density at radius 3 is 2.40 bits per heavy atom. The Balaban J connectivity index is 1.40. The fraction of sp³-hybridized carbons (Fsp3) is 0.226. The van der Waals surface area contributed by atoms with Crippen LogP contribution in [0.1, 0.15) is 37.8 Å². The van der Waals surface area contributed by atoms with Gasteiger partial charge in [0, 0.05) is 16.4 Å². The molecule has 0 aromatic heterocycles. The summed E-state index contributed by atoms with van der Waals surface area (Å²) < 4.78 is 11.5. The number of carbonyl (C=O) groups is 4. The maximum atomic E-state index is 12.9. The van der Waals surface area contributed by atoms with E-state index in [1.807, 2.05) is 31.2 Å². The summed E-state index contributed by atoms with van der Waals surface area (Å²) in [6.07, 6.45) is 1.55. The first-order valence-electron chi connectivity index (χ1n) is 13.2. The van der Waals surface area contributed by atoms with Gasteiger partial charge in [-0.1, -0.05) is 49.7 Å². The molecule has 0 saturated carbocycles. The number of carbonyl (C=O) groups excluding carboxylic acids is 4. The summed E-state index contributed by atoms with van der Waals surface area (Å²) in [6.45, 7) is 5.60. The lowest BCUT2D eigenvalue weighted by Crippen LogP contribution is -2.36. The molecule has 1 heterocycles. The minimum absolute atomic E-state index is 0.165. The fourth-order valence-corrected chi connectivity index (χ4v) is 5.08. The van der Waals surface area contributed by atoms with Gasteiger partial charge in [-0.15, -0.1) is 0 Å². The summed E-state index contributed by atoms with van der Waals surface area (Å²) in [5, 5.41) is 5.50. The van der Waals surface area contributed by atoms with Gasteiger partial charge >= 0.3 is 0 Å². The molecule has 9 nitrogen and oxygen atoms in total. The van der Waals surface area contributed by atoms with Crippen molar-refractivity contribution < 1.29 is 28.7 Å². The van der Waals surface area contributed by atoms with Crippen LogP contribution in [0, 0.1) is 0 Å². The Kier molecular flexibility index (Phi) is 10.3. The lowest BCUT2D eigenvalue weighted by molar-refractivity contribution is -0.127. The molecule has 0 radical (unpaired) electrons. The molecule has 3 aromatic rings. The van der Waals surface area contributed by atoms with Gasteiger partial charge in [0.2, 0.25) is 5.91 Å². The number of hydrogen-bond donors (Lipinski definition) is 2. The van der Waals surface area contributed by atoms with Crippen molar-refractivity contribution in [2.45, 2.75) is 26.7 Å². The van der Waals surface area contributed by atoms with E-state index in [0.717, 1.165) is 27.9 Å². The second-order valence-electron chi connectivity index (χ2n) is 9.54. The van der Waals surface area contributed by atoms with Crippen molar-refractivity contribution in [1.82, 2.24) is 4.90 Å². The largest absolute Gasteiger partial charge is 0.490 e. The minimum atomic E-state index is -0.576. The quantitative estimate of drug-likeness (QED) is 0.237. The summed E-state index contributed by atoms with van der Waals surface area (Å²) in [4.78, 5) is 51.6. The molecule has 0 unspecified atom stereocenters. The van der Waals surface area contributed by atoms with Gasteiger partial charge in [-0.25, -0.2) is 0 Å². The zero-order valence-corrected chi connectivity index (χ0v) is 24.9. The normalized spacial score (nSPS) is 13.9. The lowest BCUT2D eigenvalue weighted by atomic mass is 10.0. The summed E-state index contributed by atoms with van der Waals surface area (Å²) >= 11 is 6.61. The van der Waals surface area contributed by atoms with Gasteiger partial charge in [-0.2, -0.15) is 0 Å². The summed E-state index contributed by atoms with van der Waals surface area (Å²) in [6, 6.07) is 19.1. The van der Waals surface area contributed by atoms with Crippen molar-refractivity contribution in [2.24, 2.45) is 0 Å². The van der Waals surface area contributed by atoms with E-state index in [2.05, 4.69) is 24.5 Å². The molecule has 4 amide bonds. The number of rotatable bonds is 11. The van der Waals surface area contributed by atoms with E-state index in [1.165, 1.54) is 0 Å². The van der Waals surface area contributed by atoms with Crippen LogP contribution in [-0.2, 0) is 14.4 Å². The lowest BCUT2D eigenvalue weighted by Gasteiger charge is -2.15. The number of para-hydroxylation sites is 1. The van der Waals surface area contributed by atoms with E-state index in [0.29, 0.717) is 34.4 Å². The van der Waals surface area contributed by atoms with Gasteiger partial charge in [0.05, 0.1) is 11.5 Å². The SMILES string of the molecule is CCOc1cc(/C=C2/SC(=O)N(CC(=O)Nc3ccc(Cl)cc3)C2=O)ccc1OCC(=O)Nc1ccccc1C(C)C. The number of anilines is 2. The van der Waals surface area contributed by atoms with E-state index < -0.39 is 23.6 Å². The van der Waals surface area contributed by atoms with E-state index in [4.69, 9.17) is 21.1 Å². The molecule has 2 N–H and O–H groups in total. The van der Waals surface area contributed by atoms with E-state index in [1.54, 1.807) is 48.5 Å². The van der Waals surface area contributed by atoms with Crippen LogP contribution < -0.4 is 20.1 Å². The first-order valence-corrected chi connectivity index (χ1v) is 14.4. The number of imide groups is 1. The molecule has 1 fully saturated rings. The molecule has 42 heavy (non-hydrogen) atoms. The average Bonchev–Trinajstić information content (AvgIpc) is 3.21. The Hall–Kier alpha value is -4.28. The molecule has 1 aliphatic heterocycles. The van der Waals surface area contributed by atoms with Crippen LogP contribution in [0.3, 0.4) is 0 Å². The van der Waals surface area contributed by atoms with Gasteiger partial charge in [-0.05, 0) is 84.3 Å². The molecule has 0 bridgehead atoms. The number of nitrogens with zero attached hydrogens (tertiary/aromatic N) is 1. The van der Waals surface area contributed by atoms with Gasteiger partial charge in [0.25, 0.3) is 17.1 Å². The van der Waals surface area contributed by atoms with Crippen molar-refractivity contribution in [1.29, 1.82) is 0 Å². The standard InChI is InChI=1S/C31H30ClN3O6S/c1-4-40-26-15-20(9-14-25(26)41-18-29(37)34-24-8-6-5-7-23(24)19(2)3)16-27-30(38)35(31(39)42-27)17-28(36)33-22-12-10-21(32)11-13-22/h5-16,19H,4,17-18H2,1-3H3,(H,33,36)(H,34,37)/b27-16+. The molecular weight excluding hydrogens is 578 g/mol. The maximum absolute atomic E-state index is 12.9. The van der Waals surface area contributed by atoms with Crippen LogP contribution in [0.15, 0.2) is 71.6 Å². The molecule has 0 aliphatic carbocycles. The Morgan fingerprint density at radius 1 is 0.952 bits per heavy atom. The molecular formula is C31H30ClN3O6S. The van der Waals surface area contributed by atoms with Gasteiger partial charge in [0.15, 0.2) is 18.1 Å². The number of halogens is 1. The van der Waals surface area contributed by atoms with Crippen molar-refractivity contribution in [3.63, 3.8) is 0 Å². The van der Waals surface area contributed by atoms with Crippen LogP contribution in [-0.4, -0.2) is 47.6 Å². The number of amides is 4. The van der Waals surface area contributed by atoms with E-state index >= 15 is 0 Å². The Labute approximate surface area is 253 Å². The number of thioether (sulfide) groups is 1. The van der Waals surface area contributed by atoms with Gasteiger partial charge < -0.3 is 20.1 Å². The topological polar surface area (TPSA) is 114 Å². The first kappa shape index (κ1) is 30.7. The molecule has 1 aliphatic rings.